The van der Waals surface area contributed by atoms with E-state index in [1.54, 1.807) is 0 Å². The third kappa shape index (κ3) is 9.29. The Kier molecular flexibility index (Phi) is 5.85. The first-order valence-corrected chi connectivity index (χ1v) is 16.5. The van der Waals surface area contributed by atoms with E-state index in [4.69, 9.17) is 27.4 Å². The number of benzene rings is 4. The molecule has 1 N–H and O–H groups in total. The summed E-state index contributed by atoms with van der Waals surface area (Å²) in [5.41, 5.74) is -8.93. The number of halogens is 5. The summed E-state index contributed by atoms with van der Waals surface area (Å²) in [5.74, 6) is -6.94. The molecule has 1 amide bonds. The quantitative estimate of drug-likeness (QED) is 0.146. The van der Waals surface area contributed by atoms with Crippen LogP contribution in [0.4, 0.5) is 27.6 Å². The number of rotatable bonds is 12. The highest BCUT2D eigenvalue weighted by atomic mass is 32.2. The number of carbonyl (C=O) groups is 1. The van der Waals surface area contributed by atoms with E-state index < -0.39 is 235 Å². The van der Waals surface area contributed by atoms with Gasteiger partial charge in [-0.2, -0.15) is 13.2 Å². The van der Waals surface area contributed by atoms with Crippen LogP contribution < -0.4 is 4.90 Å². The van der Waals surface area contributed by atoms with Crippen LogP contribution in [0.1, 0.15) is 79.7 Å². The molecule has 2 heterocycles. The zero-order valence-corrected chi connectivity index (χ0v) is 28.1. The Morgan fingerprint density at radius 1 is 1.04 bits per heavy atom. The number of hydrogen-bond acceptors (Lipinski definition) is 6. The lowest BCUT2D eigenvalue weighted by Gasteiger charge is -2.40. The zero-order chi connectivity index (χ0) is 58.6. The fourth-order valence-electron chi connectivity index (χ4n) is 5.16. The Morgan fingerprint density at radius 3 is 2.42 bits per heavy atom. The van der Waals surface area contributed by atoms with Crippen LogP contribution in [-0.4, -0.2) is 66.6 Å². The fraction of sp³-hybridized carbons (Fsp3) is 0.341. The van der Waals surface area contributed by atoms with Crippen molar-refractivity contribution in [2.75, 3.05) is 44.6 Å². The van der Waals surface area contributed by atoms with Gasteiger partial charge in [0.1, 0.15) is 12.6 Å². The number of nitrogens with zero attached hydrogens (tertiary/aromatic N) is 3. The van der Waals surface area contributed by atoms with E-state index in [1.807, 2.05) is 0 Å². The molecule has 280 valence electrons. The summed E-state index contributed by atoms with van der Waals surface area (Å²) in [6.07, 6.45) is -9.02. The number of ether oxygens (including phenoxy) is 1. The van der Waals surface area contributed by atoms with Crippen LogP contribution in [0.2, 0.25) is 0 Å². The molecule has 1 unspecified atom stereocenters. The Labute approximate surface area is 344 Å². The third-order valence-electron chi connectivity index (χ3n) is 7.73. The maximum absolute atomic E-state index is 15.6. The average molecular weight is 776 g/mol. The molecule has 0 bridgehead atoms. The number of alkyl halides is 3. The molecule has 4 aromatic carbocycles. The van der Waals surface area contributed by atoms with Gasteiger partial charge in [-0.05, 0) is 66.7 Å². The summed E-state index contributed by atoms with van der Waals surface area (Å²) < 4.78 is 283. The van der Waals surface area contributed by atoms with Crippen LogP contribution in [0, 0.1) is 18.6 Å². The van der Waals surface area contributed by atoms with Crippen molar-refractivity contribution in [2.45, 2.75) is 50.3 Å². The standard InChI is InChI=1S/C41H42F5N3O3S/c1-27-6-15-36-34(22-27)37(50)23-39(53-26-31-4-3-5-35(42)40(31)43)49(36)25-38(51)48(33-16-18-47(19-17-33)20-21-52-2)24-28-7-9-29(10-8-28)30-11-13-32(14-12-30)41(44,45)46/h3-15,22-23,33,37,50H,16-21,24-26H2,1-2H3/i2D3,3D,4D,5D,6D,7D,8D,9D,10D,11D,12D,13D,14D,15D,20D2,22D,23D,24D2,25D2. The van der Waals surface area contributed by atoms with Gasteiger partial charge in [0.15, 0.2) is 11.6 Å². The highest BCUT2D eigenvalue weighted by Crippen LogP contribution is 2.41. The minimum Gasteiger partial charge on any atom is -0.384 e. The van der Waals surface area contributed by atoms with E-state index in [1.165, 1.54) is 0 Å². The monoisotopic (exact) mass is 775 g/mol. The number of fused-ring (bicyclic) bond motifs is 1. The summed E-state index contributed by atoms with van der Waals surface area (Å²) in [6.45, 7) is -11.6. The highest BCUT2D eigenvalue weighted by molar-refractivity contribution is 8.02. The predicted molar refractivity (Wildman–Crippen MR) is 198 cm³/mol. The number of aliphatic hydroxyl groups is 1. The number of aliphatic hydroxyl groups excluding tert-OH is 1. The Balaban J connectivity index is 1.61. The maximum Gasteiger partial charge on any atom is 0.416 e. The summed E-state index contributed by atoms with van der Waals surface area (Å²) >= 11 is 0.0766. The number of piperidine rings is 1. The lowest BCUT2D eigenvalue weighted by atomic mass is 9.99. The molecular formula is C41H42F5N3O3S. The normalized spacial score (nSPS) is 24.4. The first-order chi connectivity index (χ1) is 35.1. The van der Waals surface area contributed by atoms with E-state index >= 15 is 9.18 Å². The molecule has 0 aromatic heterocycles. The smallest absolute Gasteiger partial charge is 0.384 e. The van der Waals surface area contributed by atoms with Gasteiger partial charge in [-0.3, -0.25) is 4.79 Å². The van der Waals surface area contributed by atoms with Gasteiger partial charge in [0.2, 0.25) is 5.91 Å². The van der Waals surface area contributed by atoms with Gasteiger partial charge in [-0.1, -0.05) is 66.0 Å². The van der Waals surface area contributed by atoms with Gasteiger partial charge in [-0.25, -0.2) is 8.78 Å². The Morgan fingerprint density at radius 2 is 1.74 bits per heavy atom. The first-order valence-electron chi connectivity index (χ1n) is 27.5. The Bertz CT molecular complexity index is 3050. The molecule has 2 aliphatic rings. The van der Waals surface area contributed by atoms with Crippen LogP contribution in [-0.2, 0) is 28.0 Å². The zero-order valence-electron chi connectivity index (χ0n) is 51.3. The van der Waals surface area contributed by atoms with E-state index in [9.17, 15) is 28.2 Å². The second-order valence-corrected chi connectivity index (χ2v) is 12.2. The van der Waals surface area contributed by atoms with E-state index in [-0.39, 0.29) is 27.1 Å². The van der Waals surface area contributed by atoms with Crippen molar-refractivity contribution < 1.29 is 69.5 Å². The minimum absolute atomic E-state index is 0.0461. The molecule has 53 heavy (non-hydrogen) atoms. The van der Waals surface area contributed by atoms with Crippen molar-refractivity contribution in [3.8, 4) is 11.1 Å². The first kappa shape index (κ1) is 18.4. The number of anilines is 1. The lowest BCUT2D eigenvalue weighted by Crippen LogP contribution is -2.50. The van der Waals surface area contributed by atoms with Crippen molar-refractivity contribution in [3.63, 3.8) is 0 Å². The molecule has 0 spiro atoms. The van der Waals surface area contributed by atoms with Crippen molar-refractivity contribution in [3.05, 3.63) is 135 Å². The molecule has 1 fully saturated rings. The van der Waals surface area contributed by atoms with Crippen LogP contribution in [0.15, 0.2) is 95.7 Å². The van der Waals surface area contributed by atoms with Crippen LogP contribution >= 0.6 is 11.8 Å². The van der Waals surface area contributed by atoms with Crippen molar-refractivity contribution in [1.82, 2.24) is 9.80 Å². The molecule has 2 aliphatic heterocycles. The molecular weight excluding hydrogens is 710 g/mol. The number of carbonyl (C=O) groups excluding carboxylic acids is 1. The van der Waals surface area contributed by atoms with E-state index in [0.717, 1.165) is 11.8 Å². The SMILES string of the molecule is [2H]C1=C(SCc2c([2H])c([2H])c([2H])c(F)c2F)N(C([2H])([2H])C(=O)N(C2CCN(C([2H])([2H])COC([2H])([2H])[2H])CC2)C([2H])([2H])c2c([2H])c([2H])c(-c3c([2H])c([2H])c(C(F)(F)F)c([2H])c3[2H])c([2H])c2[2H])c2c([2H])c([2H])c(C)c([2H])c2C1O. The van der Waals surface area contributed by atoms with Crippen molar-refractivity contribution in [1.29, 1.82) is 0 Å². The van der Waals surface area contributed by atoms with Gasteiger partial charge in [0.25, 0.3) is 0 Å². The van der Waals surface area contributed by atoms with Crippen LogP contribution in [0.3, 0.4) is 0 Å². The fourth-order valence-corrected chi connectivity index (χ4v) is 6.10. The lowest BCUT2D eigenvalue weighted by molar-refractivity contribution is -0.137. The number of amides is 1. The van der Waals surface area contributed by atoms with E-state index in [2.05, 4.69) is 4.74 Å². The summed E-state index contributed by atoms with van der Waals surface area (Å²) in [5, 5.41) is 10.6. The molecule has 6 nitrogen and oxygen atoms in total. The molecule has 4 aromatic rings. The van der Waals surface area contributed by atoms with Crippen molar-refractivity contribution in [2.24, 2.45) is 0 Å². The second kappa shape index (κ2) is 16.8. The Hall–Kier alpha value is -4.23. The summed E-state index contributed by atoms with van der Waals surface area (Å²) in [6, 6.07) is -21.2. The van der Waals surface area contributed by atoms with Gasteiger partial charge in [-0.15, -0.1) is 11.8 Å². The topological polar surface area (TPSA) is 56.3 Å². The van der Waals surface area contributed by atoms with Gasteiger partial charge >= 0.3 is 6.18 Å². The molecule has 1 saturated heterocycles. The predicted octanol–water partition coefficient (Wildman–Crippen LogP) is 8.73. The number of likely N-dealkylation sites (tertiary alicyclic amines) is 1. The maximum atomic E-state index is 15.6. The molecule has 0 aliphatic carbocycles. The summed E-state index contributed by atoms with van der Waals surface area (Å²) in [7, 11) is -3.08. The molecule has 0 radical (unpaired) electrons. The number of thioether (sulfide) groups is 1. The number of methoxy groups -OCH3 is 1. The van der Waals surface area contributed by atoms with Crippen LogP contribution in [0.5, 0.6) is 0 Å². The third-order valence-corrected chi connectivity index (χ3v) is 8.74. The molecule has 12 heteroatoms. The van der Waals surface area contributed by atoms with Gasteiger partial charge in [0, 0.05) is 64.5 Å². The largest absolute Gasteiger partial charge is 0.416 e. The molecule has 6 rings (SSSR count). The van der Waals surface area contributed by atoms with Gasteiger partial charge < -0.3 is 24.5 Å². The highest BCUT2D eigenvalue weighted by Gasteiger charge is 2.33. The second-order valence-electron chi connectivity index (χ2n) is 11.3. The molecule has 1 atom stereocenters. The van der Waals surface area contributed by atoms with E-state index in [0.29, 0.717) is 0 Å². The average Bonchev–Trinajstić information content (AvgIpc) is 3.33. The summed E-state index contributed by atoms with van der Waals surface area (Å²) in [4.78, 5) is 16.8. The number of hydrogen-bond donors (Lipinski definition) is 1. The van der Waals surface area contributed by atoms with Gasteiger partial charge in [0.05, 0.1) is 47.4 Å². The van der Waals surface area contributed by atoms with Crippen LogP contribution in [0.25, 0.3) is 11.1 Å². The minimum atomic E-state index is -5.47. The molecule has 0 saturated carbocycles. The van der Waals surface area contributed by atoms with Crippen molar-refractivity contribution >= 4 is 23.4 Å².